The number of ether oxygens (including phenoxy) is 1. The smallest absolute Gasteiger partial charge is 0.337 e. The Morgan fingerprint density at radius 3 is 2.63 bits per heavy atom. The van der Waals surface area contributed by atoms with Gasteiger partial charge in [0.2, 0.25) is 0 Å². The van der Waals surface area contributed by atoms with Crippen LogP contribution in [0.15, 0.2) is 36.7 Å². The molecule has 1 heterocycles. The summed E-state index contributed by atoms with van der Waals surface area (Å²) in [5.74, 6) is -0.846. The summed E-state index contributed by atoms with van der Waals surface area (Å²) < 4.78 is 4.70. The molecule has 0 bridgehead atoms. The van der Waals surface area contributed by atoms with Crippen LogP contribution in [0, 0.1) is 0 Å². The van der Waals surface area contributed by atoms with Crippen LogP contribution in [0.4, 0.5) is 11.4 Å². The van der Waals surface area contributed by atoms with Crippen molar-refractivity contribution in [2.45, 2.75) is 38.1 Å². The Kier molecular flexibility index (Phi) is 6.29. The summed E-state index contributed by atoms with van der Waals surface area (Å²) in [5.41, 5.74) is 1.89. The predicted molar refractivity (Wildman–Crippen MR) is 105 cm³/mol. The quantitative estimate of drug-likeness (QED) is 0.737. The largest absolute Gasteiger partial charge is 0.465 e. The molecule has 0 unspecified atom stereocenters. The third-order valence-electron chi connectivity index (χ3n) is 4.61. The highest BCUT2D eigenvalue weighted by Crippen LogP contribution is 2.25. The highest BCUT2D eigenvalue weighted by molar-refractivity contribution is 6.34. The van der Waals surface area contributed by atoms with Gasteiger partial charge in [-0.1, -0.05) is 30.9 Å². The van der Waals surface area contributed by atoms with Gasteiger partial charge in [-0.3, -0.25) is 9.78 Å². The van der Waals surface area contributed by atoms with Gasteiger partial charge in [0, 0.05) is 18.4 Å². The number of anilines is 2. The van der Waals surface area contributed by atoms with Crippen LogP contribution in [0.3, 0.4) is 0 Å². The maximum absolute atomic E-state index is 12.6. The predicted octanol–water partition coefficient (Wildman–Crippen LogP) is 4.52. The summed E-state index contributed by atoms with van der Waals surface area (Å²) in [6.45, 7) is 0. The molecule has 1 aliphatic rings. The van der Waals surface area contributed by atoms with Gasteiger partial charge >= 0.3 is 5.97 Å². The summed E-state index contributed by atoms with van der Waals surface area (Å²) in [6, 6.07) is 6.77. The summed E-state index contributed by atoms with van der Waals surface area (Å²) in [4.78, 5) is 28.4. The molecule has 6 nitrogen and oxygen atoms in total. The van der Waals surface area contributed by atoms with Crippen LogP contribution in [-0.2, 0) is 4.74 Å². The van der Waals surface area contributed by atoms with Crippen molar-refractivity contribution in [2.75, 3.05) is 17.7 Å². The normalized spacial score (nSPS) is 14.4. The van der Waals surface area contributed by atoms with Crippen LogP contribution >= 0.6 is 11.6 Å². The van der Waals surface area contributed by atoms with E-state index in [-0.39, 0.29) is 5.91 Å². The number of amides is 1. The van der Waals surface area contributed by atoms with Crippen molar-refractivity contribution in [3.63, 3.8) is 0 Å². The van der Waals surface area contributed by atoms with Crippen molar-refractivity contribution < 1.29 is 14.3 Å². The molecule has 142 valence electrons. The number of rotatable bonds is 5. The first-order chi connectivity index (χ1) is 13.1. The lowest BCUT2D eigenvalue weighted by Gasteiger charge is -2.23. The van der Waals surface area contributed by atoms with Crippen molar-refractivity contribution in [3.05, 3.63) is 52.8 Å². The fourth-order valence-corrected chi connectivity index (χ4v) is 3.35. The zero-order valence-corrected chi connectivity index (χ0v) is 15.9. The van der Waals surface area contributed by atoms with Crippen LogP contribution in [0.1, 0.15) is 52.8 Å². The first kappa shape index (κ1) is 19.2. The minimum absolute atomic E-state index is 0.308. The third-order valence-corrected chi connectivity index (χ3v) is 4.94. The topological polar surface area (TPSA) is 80.3 Å². The van der Waals surface area contributed by atoms with E-state index in [2.05, 4.69) is 15.6 Å². The van der Waals surface area contributed by atoms with Crippen molar-refractivity contribution in [3.8, 4) is 0 Å². The van der Waals surface area contributed by atoms with Gasteiger partial charge in [-0.05, 0) is 37.1 Å². The van der Waals surface area contributed by atoms with E-state index in [1.807, 2.05) is 0 Å². The molecule has 2 N–H and O–H groups in total. The molecule has 0 saturated heterocycles. The number of hydrogen-bond donors (Lipinski definition) is 2. The number of nitrogens with zero attached hydrogens (tertiary/aromatic N) is 1. The average Bonchev–Trinajstić information content (AvgIpc) is 2.70. The maximum Gasteiger partial charge on any atom is 0.337 e. The molecule has 1 aromatic carbocycles. The first-order valence-electron chi connectivity index (χ1n) is 8.97. The highest BCUT2D eigenvalue weighted by Gasteiger charge is 2.16. The molecule has 1 amide bonds. The van der Waals surface area contributed by atoms with Gasteiger partial charge in [-0.25, -0.2) is 4.79 Å². The number of carbonyl (C=O) groups excluding carboxylic acids is 2. The number of aromatic nitrogens is 1. The standard InChI is InChI=1S/C20H22ClN3O3/c1-27-20(26)13-7-8-17(21)18(10-13)24-19(25)14-9-16(12-22-11-14)23-15-5-3-2-4-6-15/h7-12,15,23H,2-6H2,1H3,(H,24,25). The molecule has 0 atom stereocenters. The summed E-state index contributed by atoms with van der Waals surface area (Å²) in [6.07, 6.45) is 9.21. The second kappa shape index (κ2) is 8.86. The Morgan fingerprint density at radius 1 is 1.11 bits per heavy atom. The van der Waals surface area contributed by atoms with E-state index in [0.29, 0.717) is 27.9 Å². The number of nitrogens with one attached hydrogen (secondary N) is 2. The van der Waals surface area contributed by atoms with Crippen LogP contribution in [0.5, 0.6) is 0 Å². The van der Waals surface area contributed by atoms with E-state index in [4.69, 9.17) is 16.3 Å². The average molecular weight is 388 g/mol. The van der Waals surface area contributed by atoms with Gasteiger partial charge in [-0.2, -0.15) is 0 Å². The zero-order valence-electron chi connectivity index (χ0n) is 15.1. The minimum Gasteiger partial charge on any atom is -0.465 e. The zero-order chi connectivity index (χ0) is 19.2. The lowest BCUT2D eigenvalue weighted by Crippen LogP contribution is -2.22. The molecule has 0 aliphatic heterocycles. The van der Waals surface area contributed by atoms with E-state index < -0.39 is 5.97 Å². The van der Waals surface area contributed by atoms with E-state index in [1.165, 1.54) is 38.6 Å². The van der Waals surface area contributed by atoms with Gasteiger partial charge in [0.15, 0.2) is 0 Å². The Morgan fingerprint density at radius 2 is 1.89 bits per heavy atom. The second-order valence-electron chi connectivity index (χ2n) is 6.58. The molecular formula is C20H22ClN3O3. The molecule has 27 heavy (non-hydrogen) atoms. The molecule has 3 rings (SSSR count). The molecule has 1 saturated carbocycles. The van der Waals surface area contributed by atoms with E-state index in [1.54, 1.807) is 24.4 Å². The molecule has 1 aromatic heterocycles. The number of methoxy groups -OCH3 is 1. The van der Waals surface area contributed by atoms with Gasteiger partial charge in [-0.15, -0.1) is 0 Å². The summed E-state index contributed by atoms with van der Waals surface area (Å²) in [7, 11) is 1.30. The number of pyridine rings is 1. The van der Waals surface area contributed by atoms with Crippen molar-refractivity contribution in [1.29, 1.82) is 0 Å². The summed E-state index contributed by atoms with van der Waals surface area (Å²) in [5, 5.41) is 6.52. The Labute approximate surface area is 163 Å². The number of carbonyl (C=O) groups is 2. The number of benzene rings is 1. The van der Waals surface area contributed by atoms with Gasteiger partial charge in [0.25, 0.3) is 5.91 Å². The van der Waals surface area contributed by atoms with E-state index in [9.17, 15) is 9.59 Å². The summed E-state index contributed by atoms with van der Waals surface area (Å²) >= 11 is 6.14. The van der Waals surface area contributed by atoms with E-state index >= 15 is 0 Å². The lowest BCUT2D eigenvalue weighted by molar-refractivity contribution is 0.0600. The van der Waals surface area contributed by atoms with Crippen molar-refractivity contribution >= 4 is 34.9 Å². The van der Waals surface area contributed by atoms with Crippen molar-refractivity contribution in [2.24, 2.45) is 0 Å². The van der Waals surface area contributed by atoms with Gasteiger partial charge in [0.1, 0.15) is 0 Å². The molecule has 1 aliphatic carbocycles. The van der Waals surface area contributed by atoms with Gasteiger partial charge in [0.05, 0.1) is 34.6 Å². The van der Waals surface area contributed by atoms with Gasteiger partial charge < -0.3 is 15.4 Å². The highest BCUT2D eigenvalue weighted by atomic mass is 35.5. The fraction of sp³-hybridized carbons (Fsp3) is 0.350. The lowest BCUT2D eigenvalue weighted by atomic mass is 9.95. The van der Waals surface area contributed by atoms with Crippen LogP contribution in [-0.4, -0.2) is 30.0 Å². The van der Waals surface area contributed by atoms with E-state index in [0.717, 1.165) is 18.5 Å². The Bertz CT molecular complexity index is 835. The van der Waals surface area contributed by atoms with Crippen LogP contribution < -0.4 is 10.6 Å². The maximum atomic E-state index is 12.6. The Hall–Kier alpha value is -2.60. The monoisotopic (exact) mass is 387 g/mol. The van der Waals surface area contributed by atoms with Crippen LogP contribution in [0.25, 0.3) is 0 Å². The molecule has 1 fully saturated rings. The number of halogens is 1. The number of hydrogen-bond acceptors (Lipinski definition) is 5. The molecule has 2 aromatic rings. The first-order valence-corrected chi connectivity index (χ1v) is 9.35. The van der Waals surface area contributed by atoms with Crippen molar-refractivity contribution in [1.82, 2.24) is 4.98 Å². The van der Waals surface area contributed by atoms with Crippen LogP contribution in [0.2, 0.25) is 5.02 Å². The fourth-order valence-electron chi connectivity index (χ4n) is 3.19. The SMILES string of the molecule is COC(=O)c1ccc(Cl)c(NC(=O)c2cncc(NC3CCCCC3)c2)c1. The second-order valence-corrected chi connectivity index (χ2v) is 6.99. The minimum atomic E-state index is -0.498. The Balaban J connectivity index is 1.72. The third kappa shape index (κ3) is 4.98. The molecule has 0 radical (unpaired) electrons. The molecule has 7 heteroatoms. The molecular weight excluding hydrogens is 366 g/mol. The molecule has 0 spiro atoms. The number of esters is 1.